The van der Waals surface area contributed by atoms with Gasteiger partial charge < -0.3 is 9.84 Å². The molecule has 0 amide bonds. The highest BCUT2D eigenvalue weighted by atomic mass is 32.2. The fourth-order valence-corrected chi connectivity index (χ4v) is 3.51. The van der Waals surface area contributed by atoms with E-state index in [1.54, 1.807) is 6.92 Å². The van der Waals surface area contributed by atoms with Crippen molar-refractivity contribution in [1.82, 2.24) is 4.72 Å². The molecule has 1 aliphatic heterocycles. The lowest BCUT2D eigenvalue weighted by Gasteiger charge is -2.19. The highest BCUT2D eigenvalue weighted by molar-refractivity contribution is 7.89. The fourth-order valence-electron chi connectivity index (χ4n) is 2.15. The Morgan fingerprint density at radius 1 is 1.50 bits per heavy atom. The highest BCUT2D eigenvalue weighted by Gasteiger charge is 2.27. The Balaban J connectivity index is 2.17. The topological polar surface area (TPSA) is 92.7 Å². The molecule has 0 bridgehead atoms. The van der Waals surface area contributed by atoms with Crippen molar-refractivity contribution >= 4 is 16.0 Å². The SMILES string of the molecule is CC(NS(=O)(=O)c1cccc(C(=O)O)c1)C1CCOC1. The van der Waals surface area contributed by atoms with Crippen LogP contribution in [-0.4, -0.2) is 38.7 Å². The molecule has 7 heteroatoms. The second-order valence-corrected chi connectivity index (χ2v) is 6.58. The summed E-state index contributed by atoms with van der Waals surface area (Å²) in [6.45, 7) is 2.97. The number of carbonyl (C=O) groups is 1. The summed E-state index contributed by atoms with van der Waals surface area (Å²) >= 11 is 0. The molecule has 1 aromatic carbocycles. The second kappa shape index (κ2) is 5.90. The molecule has 1 aliphatic rings. The van der Waals surface area contributed by atoms with Crippen molar-refractivity contribution in [2.75, 3.05) is 13.2 Å². The van der Waals surface area contributed by atoms with Crippen LogP contribution in [0.15, 0.2) is 29.2 Å². The molecule has 20 heavy (non-hydrogen) atoms. The summed E-state index contributed by atoms with van der Waals surface area (Å²) in [5, 5.41) is 8.90. The zero-order valence-electron chi connectivity index (χ0n) is 11.1. The number of nitrogens with one attached hydrogen (secondary N) is 1. The summed E-state index contributed by atoms with van der Waals surface area (Å²) < 4.78 is 32.3. The van der Waals surface area contributed by atoms with E-state index in [1.807, 2.05) is 0 Å². The van der Waals surface area contributed by atoms with E-state index in [1.165, 1.54) is 18.2 Å². The number of aromatic carboxylic acids is 1. The molecule has 0 aliphatic carbocycles. The second-order valence-electron chi connectivity index (χ2n) is 4.87. The van der Waals surface area contributed by atoms with E-state index >= 15 is 0 Å². The normalized spacial score (nSPS) is 20.8. The van der Waals surface area contributed by atoms with Crippen LogP contribution >= 0.6 is 0 Å². The summed E-state index contributed by atoms with van der Waals surface area (Å²) in [4.78, 5) is 10.8. The first-order valence-electron chi connectivity index (χ1n) is 6.33. The smallest absolute Gasteiger partial charge is 0.335 e. The molecule has 6 nitrogen and oxygen atoms in total. The number of hydrogen-bond acceptors (Lipinski definition) is 4. The minimum Gasteiger partial charge on any atom is -0.478 e. The van der Waals surface area contributed by atoms with Gasteiger partial charge in [-0.05, 0) is 31.5 Å². The van der Waals surface area contributed by atoms with Crippen molar-refractivity contribution in [2.45, 2.75) is 24.3 Å². The molecule has 0 spiro atoms. The van der Waals surface area contributed by atoms with Gasteiger partial charge in [0.25, 0.3) is 0 Å². The van der Waals surface area contributed by atoms with Gasteiger partial charge in [-0.15, -0.1) is 0 Å². The van der Waals surface area contributed by atoms with Gasteiger partial charge >= 0.3 is 5.97 Å². The molecule has 0 saturated carbocycles. The maximum atomic E-state index is 12.2. The van der Waals surface area contributed by atoms with Gasteiger partial charge in [-0.2, -0.15) is 0 Å². The van der Waals surface area contributed by atoms with Crippen LogP contribution in [0.1, 0.15) is 23.7 Å². The quantitative estimate of drug-likeness (QED) is 0.849. The molecular weight excluding hydrogens is 282 g/mol. The van der Waals surface area contributed by atoms with Gasteiger partial charge in [0.05, 0.1) is 17.1 Å². The van der Waals surface area contributed by atoms with Crippen LogP contribution in [0.4, 0.5) is 0 Å². The summed E-state index contributed by atoms with van der Waals surface area (Å²) in [6, 6.07) is 5.06. The van der Waals surface area contributed by atoms with E-state index in [4.69, 9.17) is 9.84 Å². The van der Waals surface area contributed by atoms with Crippen molar-refractivity contribution in [3.05, 3.63) is 29.8 Å². The molecule has 1 saturated heterocycles. The third-order valence-corrected chi connectivity index (χ3v) is 4.96. The maximum Gasteiger partial charge on any atom is 0.335 e. The van der Waals surface area contributed by atoms with Crippen molar-refractivity contribution in [3.63, 3.8) is 0 Å². The van der Waals surface area contributed by atoms with E-state index in [2.05, 4.69) is 4.72 Å². The molecule has 1 heterocycles. The van der Waals surface area contributed by atoms with Crippen molar-refractivity contribution in [3.8, 4) is 0 Å². The monoisotopic (exact) mass is 299 g/mol. The van der Waals surface area contributed by atoms with E-state index in [0.29, 0.717) is 13.2 Å². The number of hydrogen-bond donors (Lipinski definition) is 2. The van der Waals surface area contributed by atoms with Gasteiger partial charge in [0.1, 0.15) is 0 Å². The Hall–Kier alpha value is -1.44. The van der Waals surface area contributed by atoms with Crippen LogP contribution < -0.4 is 4.72 Å². The van der Waals surface area contributed by atoms with Crippen molar-refractivity contribution < 1.29 is 23.1 Å². The van der Waals surface area contributed by atoms with Gasteiger partial charge in [-0.1, -0.05) is 6.07 Å². The fraction of sp³-hybridized carbons (Fsp3) is 0.462. The lowest BCUT2D eigenvalue weighted by atomic mass is 10.0. The first kappa shape index (κ1) is 15.0. The van der Waals surface area contributed by atoms with Crippen molar-refractivity contribution in [1.29, 1.82) is 0 Å². The molecule has 1 fully saturated rings. The molecule has 2 unspecified atom stereocenters. The summed E-state index contributed by atoms with van der Waals surface area (Å²) in [6.07, 6.45) is 0.818. The number of carboxylic acid groups (broad SMARTS) is 1. The molecular formula is C13H17NO5S. The molecule has 0 aromatic heterocycles. The van der Waals surface area contributed by atoms with E-state index < -0.39 is 16.0 Å². The molecule has 2 atom stereocenters. The van der Waals surface area contributed by atoms with Gasteiger partial charge in [-0.25, -0.2) is 17.9 Å². The molecule has 1 aromatic rings. The first-order valence-corrected chi connectivity index (χ1v) is 7.82. The zero-order chi connectivity index (χ0) is 14.8. The minimum absolute atomic E-state index is 0.0387. The Kier molecular flexibility index (Phi) is 4.42. The first-order chi connectivity index (χ1) is 9.40. The predicted octanol–water partition coefficient (Wildman–Crippen LogP) is 1.09. The lowest BCUT2D eigenvalue weighted by molar-refractivity contribution is 0.0696. The van der Waals surface area contributed by atoms with Gasteiger partial charge in [0, 0.05) is 18.6 Å². The van der Waals surface area contributed by atoms with Crippen molar-refractivity contribution in [2.24, 2.45) is 5.92 Å². The van der Waals surface area contributed by atoms with Crippen LogP contribution in [0.3, 0.4) is 0 Å². The van der Waals surface area contributed by atoms with E-state index in [-0.39, 0.29) is 22.4 Å². The minimum atomic E-state index is -3.72. The Morgan fingerprint density at radius 3 is 2.85 bits per heavy atom. The Bertz CT molecular complexity index is 593. The number of rotatable bonds is 5. The molecule has 2 rings (SSSR count). The zero-order valence-corrected chi connectivity index (χ0v) is 11.9. The number of benzene rings is 1. The van der Waals surface area contributed by atoms with Crippen LogP contribution in [0.2, 0.25) is 0 Å². The molecule has 2 N–H and O–H groups in total. The van der Waals surface area contributed by atoms with E-state index in [9.17, 15) is 13.2 Å². The van der Waals surface area contributed by atoms with Crippen LogP contribution in [0, 0.1) is 5.92 Å². The largest absolute Gasteiger partial charge is 0.478 e. The number of ether oxygens (including phenoxy) is 1. The van der Waals surface area contributed by atoms with Gasteiger partial charge in [0.15, 0.2) is 0 Å². The molecule has 0 radical (unpaired) electrons. The third-order valence-electron chi connectivity index (χ3n) is 3.40. The Labute approximate surface area is 117 Å². The maximum absolute atomic E-state index is 12.2. The lowest BCUT2D eigenvalue weighted by Crippen LogP contribution is -2.38. The van der Waals surface area contributed by atoms with Crippen LogP contribution in [0.25, 0.3) is 0 Å². The standard InChI is InChI=1S/C13H17NO5S/c1-9(11-5-6-19-8-11)14-20(17,18)12-4-2-3-10(7-12)13(15)16/h2-4,7,9,11,14H,5-6,8H2,1H3,(H,15,16). The van der Waals surface area contributed by atoms with Crippen LogP contribution in [0.5, 0.6) is 0 Å². The summed E-state index contributed by atoms with van der Waals surface area (Å²) in [5.41, 5.74) is -0.0512. The third kappa shape index (κ3) is 3.36. The van der Waals surface area contributed by atoms with Gasteiger partial charge in [0.2, 0.25) is 10.0 Å². The number of sulfonamides is 1. The average molecular weight is 299 g/mol. The predicted molar refractivity (Wildman–Crippen MR) is 72.1 cm³/mol. The number of carboxylic acids is 1. The Morgan fingerprint density at radius 2 is 2.25 bits per heavy atom. The summed E-state index contributed by atoms with van der Waals surface area (Å²) in [7, 11) is -3.72. The molecule has 110 valence electrons. The van der Waals surface area contributed by atoms with E-state index in [0.717, 1.165) is 12.5 Å². The van der Waals surface area contributed by atoms with Crippen LogP contribution in [-0.2, 0) is 14.8 Å². The van der Waals surface area contributed by atoms with Gasteiger partial charge in [-0.3, -0.25) is 0 Å². The highest BCUT2D eigenvalue weighted by Crippen LogP contribution is 2.19. The summed E-state index contributed by atoms with van der Waals surface area (Å²) in [5.74, 6) is -1.01. The average Bonchev–Trinajstić information content (AvgIpc) is 2.92.